The molecule has 1 aliphatic rings. The Kier molecular flexibility index (Phi) is 7.11. The lowest BCUT2D eigenvalue weighted by Gasteiger charge is -2.24. The van der Waals surface area contributed by atoms with Gasteiger partial charge in [-0.25, -0.2) is 8.42 Å². The maximum Gasteiger partial charge on any atom is 0.232 e. The van der Waals surface area contributed by atoms with Crippen molar-refractivity contribution in [1.29, 1.82) is 0 Å². The summed E-state index contributed by atoms with van der Waals surface area (Å²) in [5.41, 5.74) is 0.453. The van der Waals surface area contributed by atoms with Crippen LogP contribution in [0, 0.1) is 0 Å². The highest BCUT2D eigenvalue weighted by Gasteiger charge is 2.22. The number of methoxy groups -OCH3 is 1. The summed E-state index contributed by atoms with van der Waals surface area (Å²) in [5, 5.41) is 3.05. The number of carbonyl (C=O) groups is 1. The topological polar surface area (TPSA) is 75.7 Å². The van der Waals surface area contributed by atoms with Gasteiger partial charge >= 0.3 is 0 Å². The molecule has 7 heteroatoms. The van der Waals surface area contributed by atoms with Gasteiger partial charge < -0.3 is 10.1 Å². The molecule has 0 unspecified atom stereocenters. The molecule has 0 bridgehead atoms. The molecule has 1 saturated carbocycles. The van der Waals surface area contributed by atoms with Crippen LogP contribution >= 0.6 is 0 Å². The second kappa shape index (κ2) is 9.08. The largest absolute Gasteiger partial charge is 0.495 e. The predicted octanol–water partition coefficient (Wildman–Crippen LogP) is 2.69. The van der Waals surface area contributed by atoms with Gasteiger partial charge in [0.05, 0.1) is 19.1 Å². The summed E-state index contributed by atoms with van der Waals surface area (Å²) < 4.78 is 30.9. The molecule has 1 N–H and O–H groups in total. The standard InChI is InChI=1S/C18H28N2O4S/c1-24-17-12-8-7-11-16(17)20(25(2,22)23)14-13-18(21)19-15-9-5-3-4-6-10-15/h7-8,11-12,15H,3-6,9-10,13-14H2,1-2H3,(H,19,21). The number of hydrogen-bond donors (Lipinski definition) is 1. The Bertz CT molecular complexity index is 667. The monoisotopic (exact) mass is 368 g/mol. The van der Waals surface area contributed by atoms with E-state index in [2.05, 4.69) is 5.32 Å². The smallest absolute Gasteiger partial charge is 0.232 e. The van der Waals surface area contributed by atoms with Gasteiger partial charge in [-0.15, -0.1) is 0 Å². The minimum Gasteiger partial charge on any atom is -0.495 e. The van der Waals surface area contributed by atoms with E-state index in [1.807, 2.05) is 0 Å². The molecule has 0 heterocycles. The number of amides is 1. The van der Waals surface area contributed by atoms with E-state index in [0.717, 1.165) is 31.9 Å². The molecule has 1 aliphatic carbocycles. The Morgan fingerprint density at radius 3 is 2.44 bits per heavy atom. The number of sulfonamides is 1. The number of rotatable bonds is 7. The van der Waals surface area contributed by atoms with Crippen LogP contribution in [0.25, 0.3) is 0 Å². The molecule has 1 fully saturated rings. The fourth-order valence-electron chi connectivity index (χ4n) is 3.23. The van der Waals surface area contributed by atoms with Gasteiger partial charge in [-0.2, -0.15) is 0 Å². The maximum atomic E-state index is 12.3. The van der Waals surface area contributed by atoms with Gasteiger partial charge in [0.15, 0.2) is 0 Å². The quantitative estimate of drug-likeness (QED) is 0.751. The van der Waals surface area contributed by atoms with Gasteiger partial charge in [-0.1, -0.05) is 37.8 Å². The lowest BCUT2D eigenvalue weighted by atomic mass is 10.1. The van der Waals surface area contributed by atoms with Crippen LogP contribution in [0.1, 0.15) is 44.9 Å². The van der Waals surface area contributed by atoms with E-state index in [1.165, 1.54) is 24.3 Å². The highest BCUT2D eigenvalue weighted by molar-refractivity contribution is 7.92. The van der Waals surface area contributed by atoms with Gasteiger partial charge in [0.1, 0.15) is 5.75 Å². The number of nitrogens with one attached hydrogen (secondary N) is 1. The van der Waals surface area contributed by atoms with Gasteiger partial charge in [0.2, 0.25) is 15.9 Å². The van der Waals surface area contributed by atoms with Crippen LogP contribution in [0.3, 0.4) is 0 Å². The molecule has 6 nitrogen and oxygen atoms in total. The number of hydrogen-bond acceptors (Lipinski definition) is 4. The van der Waals surface area contributed by atoms with E-state index in [9.17, 15) is 13.2 Å². The summed E-state index contributed by atoms with van der Waals surface area (Å²) in [6.45, 7) is 0.0950. The molecule has 0 radical (unpaired) electrons. The Labute approximate surface area is 150 Å². The van der Waals surface area contributed by atoms with Crippen LogP contribution in [0.4, 0.5) is 5.69 Å². The van der Waals surface area contributed by atoms with E-state index < -0.39 is 10.0 Å². The molecule has 140 valence electrons. The fourth-order valence-corrected chi connectivity index (χ4v) is 4.16. The minimum absolute atomic E-state index is 0.0950. The number of nitrogens with zero attached hydrogens (tertiary/aromatic N) is 1. The molecule has 0 saturated heterocycles. The molecule has 0 aromatic heterocycles. The Balaban J connectivity index is 2.02. The first-order chi connectivity index (χ1) is 11.9. The average Bonchev–Trinajstić information content (AvgIpc) is 2.83. The van der Waals surface area contributed by atoms with Crippen LogP contribution in [-0.2, 0) is 14.8 Å². The molecule has 1 amide bonds. The zero-order valence-electron chi connectivity index (χ0n) is 15.0. The normalized spacial score (nSPS) is 16.1. The van der Waals surface area contributed by atoms with Crippen molar-refractivity contribution in [3.8, 4) is 5.75 Å². The first-order valence-electron chi connectivity index (χ1n) is 8.82. The summed E-state index contributed by atoms with van der Waals surface area (Å²) >= 11 is 0. The van der Waals surface area contributed by atoms with E-state index in [0.29, 0.717) is 11.4 Å². The Hall–Kier alpha value is -1.76. The minimum atomic E-state index is -3.51. The molecule has 1 aromatic rings. The van der Waals surface area contributed by atoms with Crippen molar-refractivity contribution in [3.63, 3.8) is 0 Å². The Morgan fingerprint density at radius 1 is 1.20 bits per heavy atom. The SMILES string of the molecule is COc1ccccc1N(CCC(=O)NC1CCCCCC1)S(C)(=O)=O. The van der Waals surface area contributed by atoms with E-state index in [1.54, 1.807) is 24.3 Å². The van der Waals surface area contributed by atoms with Gasteiger partial charge in [-0.05, 0) is 25.0 Å². The number of ether oxygens (including phenoxy) is 1. The van der Waals surface area contributed by atoms with Crippen molar-refractivity contribution in [2.45, 2.75) is 51.0 Å². The lowest BCUT2D eigenvalue weighted by Crippen LogP contribution is -2.38. The highest BCUT2D eigenvalue weighted by atomic mass is 32.2. The summed E-state index contributed by atoms with van der Waals surface area (Å²) in [4.78, 5) is 12.3. The zero-order valence-corrected chi connectivity index (χ0v) is 15.8. The van der Waals surface area contributed by atoms with Crippen LogP contribution < -0.4 is 14.4 Å². The first kappa shape index (κ1) is 19.6. The molecule has 0 spiro atoms. The third-order valence-electron chi connectivity index (χ3n) is 4.52. The van der Waals surface area contributed by atoms with Gasteiger partial charge in [-0.3, -0.25) is 9.10 Å². The van der Waals surface area contributed by atoms with Crippen molar-refractivity contribution in [3.05, 3.63) is 24.3 Å². The molecule has 0 aliphatic heterocycles. The zero-order chi connectivity index (χ0) is 18.3. The molecule has 0 atom stereocenters. The number of benzene rings is 1. The van der Waals surface area contributed by atoms with Crippen LogP contribution in [0.15, 0.2) is 24.3 Å². The van der Waals surface area contributed by atoms with E-state index >= 15 is 0 Å². The van der Waals surface area contributed by atoms with Crippen molar-refractivity contribution in [2.75, 3.05) is 24.2 Å². The molecule has 25 heavy (non-hydrogen) atoms. The second-order valence-electron chi connectivity index (χ2n) is 6.51. The third-order valence-corrected chi connectivity index (χ3v) is 5.70. The molecule has 1 aromatic carbocycles. The number of carbonyl (C=O) groups excluding carboxylic acids is 1. The van der Waals surface area contributed by atoms with Crippen LogP contribution in [0.2, 0.25) is 0 Å². The van der Waals surface area contributed by atoms with Crippen molar-refractivity contribution < 1.29 is 17.9 Å². The van der Waals surface area contributed by atoms with Crippen molar-refractivity contribution in [1.82, 2.24) is 5.32 Å². The van der Waals surface area contributed by atoms with E-state index in [4.69, 9.17) is 4.74 Å². The molecular weight excluding hydrogens is 340 g/mol. The van der Waals surface area contributed by atoms with Crippen molar-refractivity contribution in [2.24, 2.45) is 0 Å². The third kappa shape index (κ3) is 5.92. The van der Waals surface area contributed by atoms with Gasteiger partial charge in [0, 0.05) is 19.0 Å². The maximum absolute atomic E-state index is 12.3. The first-order valence-corrected chi connectivity index (χ1v) is 10.7. The summed E-state index contributed by atoms with van der Waals surface area (Å²) in [7, 11) is -2.01. The molecule has 2 rings (SSSR count). The number of para-hydroxylation sites is 2. The second-order valence-corrected chi connectivity index (χ2v) is 8.42. The highest BCUT2D eigenvalue weighted by Crippen LogP contribution is 2.29. The summed E-state index contributed by atoms with van der Waals surface area (Å²) in [5.74, 6) is 0.368. The summed E-state index contributed by atoms with van der Waals surface area (Å²) in [6, 6.07) is 7.14. The lowest BCUT2D eigenvalue weighted by molar-refractivity contribution is -0.121. The summed E-state index contributed by atoms with van der Waals surface area (Å²) in [6.07, 6.45) is 8.01. The fraction of sp³-hybridized carbons (Fsp3) is 0.611. The number of anilines is 1. The van der Waals surface area contributed by atoms with Crippen LogP contribution in [0.5, 0.6) is 5.75 Å². The van der Waals surface area contributed by atoms with Crippen molar-refractivity contribution >= 4 is 21.6 Å². The predicted molar refractivity (Wildman–Crippen MR) is 99.4 cm³/mol. The van der Waals surface area contributed by atoms with Crippen LogP contribution in [-0.4, -0.2) is 40.3 Å². The van der Waals surface area contributed by atoms with Gasteiger partial charge in [0.25, 0.3) is 0 Å². The van der Waals surface area contributed by atoms with E-state index in [-0.39, 0.29) is 24.9 Å². The Morgan fingerprint density at radius 2 is 1.84 bits per heavy atom. The average molecular weight is 368 g/mol. The molecular formula is C18H28N2O4S.